The van der Waals surface area contributed by atoms with Crippen molar-refractivity contribution in [1.29, 1.82) is 0 Å². The first-order valence-electron chi connectivity index (χ1n) is 5.65. The summed E-state index contributed by atoms with van der Waals surface area (Å²) in [4.78, 5) is 0. The van der Waals surface area contributed by atoms with Crippen LogP contribution in [0.25, 0.3) is 0 Å². The van der Waals surface area contributed by atoms with Crippen LogP contribution < -0.4 is 5.32 Å². The molecule has 0 saturated carbocycles. The summed E-state index contributed by atoms with van der Waals surface area (Å²) in [7, 11) is 0. The van der Waals surface area contributed by atoms with E-state index in [2.05, 4.69) is 44.3 Å². The molecule has 1 aliphatic rings. The number of hydrogen-bond acceptors (Lipinski definition) is 2. The molecule has 15 heavy (non-hydrogen) atoms. The SMILES string of the molecule is CC(C)c1ccc2c(c1)C(O)C(C)CN2. The van der Waals surface area contributed by atoms with E-state index in [1.165, 1.54) is 5.56 Å². The highest BCUT2D eigenvalue weighted by molar-refractivity contribution is 5.56. The molecular weight excluding hydrogens is 186 g/mol. The van der Waals surface area contributed by atoms with Crippen molar-refractivity contribution in [2.45, 2.75) is 32.8 Å². The monoisotopic (exact) mass is 205 g/mol. The molecule has 0 radical (unpaired) electrons. The number of fused-ring (bicyclic) bond motifs is 1. The molecule has 2 rings (SSSR count). The topological polar surface area (TPSA) is 32.3 Å². The molecular formula is C13H19NO. The van der Waals surface area contributed by atoms with Gasteiger partial charge in [0.25, 0.3) is 0 Å². The van der Waals surface area contributed by atoms with Crippen LogP contribution in [-0.2, 0) is 0 Å². The molecule has 1 heterocycles. The number of anilines is 1. The minimum atomic E-state index is -0.319. The summed E-state index contributed by atoms with van der Waals surface area (Å²) in [5.41, 5.74) is 3.44. The summed E-state index contributed by atoms with van der Waals surface area (Å²) >= 11 is 0. The van der Waals surface area contributed by atoms with Gasteiger partial charge in [0, 0.05) is 23.7 Å². The zero-order chi connectivity index (χ0) is 11.0. The third-order valence-electron chi connectivity index (χ3n) is 3.21. The minimum absolute atomic E-state index is 0.292. The molecule has 0 fully saturated rings. The first kappa shape index (κ1) is 10.5. The van der Waals surface area contributed by atoms with Crippen LogP contribution in [-0.4, -0.2) is 11.7 Å². The van der Waals surface area contributed by atoms with Crippen LogP contribution in [0.15, 0.2) is 18.2 Å². The fraction of sp³-hybridized carbons (Fsp3) is 0.538. The maximum Gasteiger partial charge on any atom is 0.0852 e. The highest BCUT2D eigenvalue weighted by Gasteiger charge is 2.24. The second-order valence-corrected chi connectivity index (χ2v) is 4.80. The molecule has 2 atom stereocenters. The zero-order valence-corrected chi connectivity index (χ0v) is 9.62. The van der Waals surface area contributed by atoms with Crippen molar-refractivity contribution in [3.8, 4) is 0 Å². The molecule has 2 nitrogen and oxygen atoms in total. The first-order valence-corrected chi connectivity index (χ1v) is 5.65. The average Bonchev–Trinajstić information content (AvgIpc) is 2.23. The van der Waals surface area contributed by atoms with E-state index >= 15 is 0 Å². The van der Waals surface area contributed by atoms with Gasteiger partial charge in [-0.25, -0.2) is 0 Å². The van der Waals surface area contributed by atoms with Crippen LogP contribution in [0.1, 0.15) is 43.9 Å². The fourth-order valence-corrected chi connectivity index (χ4v) is 2.04. The van der Waals surface area contributed by atoms with E-state index in [1.807, 2.05) is 0 Å². The van der Waals surface area contributed by atoms with E-state index in [0.717, 1.165) is 17.8 Å². The highest BCUT2D eigenvalue weighted by Crippen LogP contribution is 2.34. The summed E-state index contributed by atoms with van der Waals surface area (Å²) in [6.45, 7) is 7.28. The van der Waals surface area contributed by atoms with Crippen molar-refractivity contribution in [2.75, 3.05) is 11.9 Å². The largest absolute Gasteiger partial charge is 0.388 e. The fourth-order valence-electron chi connectivity index (χ4n) is 2.04. The van der Waals surface area contributed by atoms with Crippen LogP contribution in [0.2, 0.25) is 0 Å². The summed E-state index contributed by atoms with van der Waals surface area (Å²) < 4.78 is 0. The molecule has 1 aliphatic heterocycles. The van der Waals surface area contributed by atoms with Crippen molar-refractivity contribution in [3.05, 3.63) is 29.3 Å². The number of benzene rings is 1. The normalized spacial score (nSPS) is 24.9. The van der Waals surface area contributed by atoms with Gasteiger partial charge in [0.15, 0.2) is 0 Å². The molecule has 2 N–H and O–H groups in total. The third kappa shape index (κ3) is 1.86. The maximum absolute atomic E-state index is 10.1. The lowest BCUT2D eigenvalue weighted by atomic mass is 9.89. The van der Waals surface area contributed by atoms with Gasteiger partial charge in [-0.1, -0.05) is 32.9 Å². The van der Waals surface area contributed by atoms with E-state index in [4.69, 9.17) is 0 Å². The lowest BCUT2D eigenvalue weighted by molar-refractivity contribution is 0.120. The molecule has 2 unspecified atom stereocenters. The van der Waals surface area contributed by atoms with Crippen molar-refractivity contribution >= 4 is 5.69 Å². The smallest absolute Gasteiger partial charge is 0.0852 e. The Balaban J connectivity index is 2.41. The molecule has 0 spiro atoms. The van der Waals surface area contributed by atoms with Crippen molar-refractivity contribution in [1.82, 2.24) is 0 Å². The number of hydrogen-bond donors (Lipinski definition) is 2. The molecule has 1 aromatic carbocycles. The Bertz CT molecular complexity index is 360. The Morgan fingerprint density at radius 3 is 2.80 bits per heavy atom. The zero-order valence-electron chi connectivity index (χ0n) is 9.62. The van der Waals surface area contributed by atoms with Gasteiger partial charge in [0.05, 0.1) is 6.10 Å². The van der Waals surface area contributed by atoms with E-state index in [9.17, 15) is 5.11 Å². The van der Waals surface area contributed by atoms with Crippen LogP contribution >= 0.6 is 0 Å². The second-order valence-electron chi connectivity index (χ2n) is 4.80. The van der Waals surface area contributed by atoms with Crippen LogP contribution in [0.3, 0.4) is 0 Å². The van der Waals surface area contributed by atoms with E-state index in [0.29, 0.717) is 11.8 Å². The summed E-state index contributed by atoms with van der Waals surface area (Å²) in [5, 5.41) is 13.4. The molecule has 0 bridgehead atoms. The van der Waals surface area contributed by atoms with Crippen LogP contribution in [0.5, 0.6) is 0 Å². The Hall–Kier alpha value is -1.02. The molecule has 0 amide bonds. The van der Waals surface area contributed by atoms with Gasteiger partial charge < -0.3 is 10.4 Å². The number of aliphatic hydroxyl groups excluding tert-OH is 1. The second kappa shape index (κ2) is 3.86. The van der Waals surface area contributed by atoms with Gasteiger partial charge >= 0.3 is 0 Å². The van der Waals surface area contributed by atoms with Crippen LogP contribution in [0, 0.1) is 5.92 Å². The lowest BCUT2D eigenvalue weighted by Crippen LogP contribution is -2.25. The van der Waals surface area contributed by atoms with E-state index in [1.54, 1.807) is 0 Å². The van der Waals surface area contributed by atoms with Crippen LogP contribution in [0.4, 0.5) is 5.69 Å². The molecule has 0 saturated heterocycles. The van der Waals surface area contributed by atoms with Gasteiger partial charge in [-0.2, -0.15) is 0 Å². The first-order chi connectivity index (χ1) is 7.09. The van der Waals surface area contributed by atoms with E-state index < -0.39 is 0 Å². The number of rotatable bonds is 1. The Kier molecular flexibility index (Phi) is 2.70. The molecule has 0 aromatic heterocycles. The molecule has 82 valence electrons. The number of nitrogens with one attached hydrogen (secondary N) is 1. The Labute approximate surface area is 91.3 Å². The van der Waals surface area contributed by atoms with Crippen molar-refractivity contribution in [2.24, 2.45) is 5.92 Å². The predicted molar refractivity (Wildman–Crippen MR) is 63.1 cm³/mol. The number of aliphatic hydroxyl groups is 1. The van der Waals surface area contributed by atoms with Gasteiger partial charge in [-0.15, -0.1) is 0 Å². The lowest BCUT2D eigenvalue weighted by Gasteiger charge is -2.29. The van der Waals surface area contributed by atoms with Gasteiger partial charge in [0.1, 0.15) is 0 Å². The van der Waals surface area contributed by atoms with E-state index in [-0.39, 0.29) is 6.10 Å². The summed E-state index contributed by atoms with van der Waals surface area (Å²) in [6, 6.07) is 6.35. The Morgan fingerprint density at radius 1 is 1.40 bits per heavy atom. The average molecular weight is 205 g/mol. The minimum Gasteiger partial charge on any atom is -0.388 e. The summed E-state index contributed by atoms with van der Waals surface area (Å²) in [5.74, 6) is 0.805. The van der Waals surface area contributed by atoms with Crippen molar-refractivity contribution < 1.29 is 5.11 Å². The standard InChI is InChI=1S/C13H19NO/c1-8(2)10-4-5-12-11(6-10)13(15)9(3)7-14-12/h4-6,8-9,13-15H,7H2,1-3H3. The molecule has 1 aromatic rings. The summed E-state index contributed by atoms with van der Waals surface area (Å²) in [6.07, 6.45) is -0.319. The van der Waals surface area contributed by atoms with Gasteiger partial charge in [-0.3, -0.25) is 0 Å². The quantitative estimate of drug-likeness (QED) is 0.739. The van der Waals surface area contributed by atoms with Gasteiger partial charge in [0.2, 0.25) is 0 Å². The third-order valence-corrected chi connectivity index (χ3v) is 3.21. The molecule has 0 aliphatic carbocycles. The molecule has 2 heteroatoms. The van der Waals surface area contributed by atoms with Crippen molar-refractivity contribution in [3.63, 3.8) is 0 Å². The highest BCUT2D eigenvalue weighted by atomic mass is 16.3. The maximum atomic E-state index is 10.1. The van der Waals surface area contributed by atoms with Gasteiger partial charge in [-0.05, 0) is 17.5 Å². The Morgan fingerprint density at radius 2 is 2.13 bits per heavy atom. The predicted octanol–water partition coefficient (Wildman–Crippen LogP) is 2.91.